The van der Waals surface area contributed by atoms with Gasteiger partial charge < -0.3 is 5.32 Å². The first kappa shape index (κ1) is 22.5. The van der Waals surface area contributed by atoms with E-state index < -0.39 is 15.9 Å². The van der Waals surface area contributed by atoms with Crippen molar-refractivity contribution in [2.75, 3.05) is 17.1 Å². The van der Waals surface area contributed by atoms with E-state index >= 15 is 0 Å². The molecular weight excluding hydrogens is 419 g/mol. The Morgan fingerprint density at radius 2 is 1.75 bits per heavy atom. The van der Waals surface area contributed by atoms with E-state index in [1.807, 2.05) is 30.3 Å². The molecule has 0 unspecified atom stereocenters. The second-order valence-electron chi connectivity index (χ2n) is 7.03. The van der Waals surface area contributed by atoms with Gasteiger partial charge >= 0.3 is 0 Å². The topological polar surface area (TPSA) is 66.5 Å². The first-order chi connectivity index (χ1) is 13.1. The molecule has 0 saturated carbocycles. The molecule has 2 aromatic rings. The quantitative estimate of drug-likeness (QED) is 0.645. The Hall–Kier alpha value is -1.76. The van der Waals surface area contributed by atoms with Crippen LogP contribution in [0, 0.1) is 5.92 Å². The first-order valence-corrected chi connectivity index (χ1v) is 11.5. The van der Waals surface area contributed by atoms with Gasteiger partial charge in [0, 0.05) is 5.02 Å². The van der Waals surface area contributed by atoms with Crippen LogP contribution >= 0.6 is 23.2 Å². The van der Waals surface area contributed by atoms with Crippen LogP contribution in [0.2, 0.25) is 10.0 Å². The Morgan fingerprint density at radius 3 is 2.29 bits per heavy atom. The molecule has 0 aromatic heterocycles. The number of hydrogen-bond acceptors (Lipinski definition) is 3. The Bertz CT molecular complexity index is 918. The molecule has 1 amide bonds. The smallest absolute Gasteiger partial charge is 0.241 e. The number of benzene rings is 2. The number of rotatable bonds is 8. The Balaban J connectivity index is 2.25. The monoisotopic (exact) mass is 442 g/mol. The van der Waals surface area contributed by atoms with Gasteiger partial charge in [-0.3, -0.25) is 9.10 Å². The lowest BCUT2D eigenvalue weighted by Crippen LogP contribution is -2.42. The molecule has 1 N–H and O–H groups in total. The van der Waals surface area contributed by atoms with Crippen LogP contribution in [0.3, 0.4) is 0 Å². The minimum absolute atomic E-state index is 0.160. The van der Waals surface area contributed by atoms with Gasteiger partial charge in [-0.25, -0.2) is 8.42 Å². The van der Waals surface area contributed by atoms with E-state index in [9.17, 15) is 13.2 Å². The van der Waals surface area contributed by atoms with E-state index in [-0.39, 0.29) is 23.3 Å². The van der Waals surface area contributed by atoms with Gasteiger partial charge in [-0.05, 0) is 36.1 Å². The van der Waals surface area contributed by atoms with Crippen molar-refractivity contribution in [2.45, 2.75) is 26.3 Å². The molecule has 1 atom stereocenters. The first-order valence-electron chi connectivity index (χ1n) is 8.85. The van der Waals surface area contributed by atoms with E-state index in [1.165, 1.54) is 18.2 Å². The van der Waals surface area contributed by atoms with Crippen molar-refractivity contribution in [2.24, 2.45) is 5.92 Å². The van der Waals surface area contributed by atoms with Gasteiger partial charge in [0.2, 0.25) is 15.9 Å². The summed E-state index contributed by atoms with van der Waals surface area (Å²) in [6.45, 7) is 3.76. The van der Waals surface area contributed by atoms with Crippen LogP contribution in [0.1, 0.15) is 31.9 Å². The zero-order chi connectivity index (χ0) is 20.9. The van der Waals surface area contributed by atoms with Crippen LogP contribution in [0.25, 0.3) is 0 Å². The molecule has 0 radical (unpaired) electrons. The van der Waals surface area contributed by atoms with Gasteiger partial charge in [-0.15, -0.1) is 0 Å². The molecule has 0 saturated heterocycles. The maximum Gasteiger partial charge on any atom is 0.241 e. The zero-order valence-corrected chi connectivity index (χ0v) is 18.4. The lowest BCUT2D eigenvalue weighted by Gasteiger charge is -2.26. The molecular formula is C20H24Cl2N2O3S. The van der Waals surface area contributed by atoms with Crippen LogP contribution in [0.4, 0.5) is 5.69 Å². The maximum absolute atomic E-state index is 12.7. The molecule has 8 heteroatoms. The highest BCUT2D eigenvalue weighted by molar-refractivity contribution is 7.92. The van der Waals surface area contributed by atoms with Crippen molar-refractivity contribution in [3.8, 4) is 0 Å². The molecule has 0 fully saturated rings. The van der Waals surface area contributed by atoms with Crippen LogP contribution < -0.4 is 9.62 Å². The van der Waals surface area contributed by atoms with Crippen molar-refractivity contribution >= 4 is 44.8 Å². The predicted octanol–water partition coefficient (Wildman–Crippen LogP) is 4.66. The SMILES string of the molecule is CC(C)C[C@H](NC(=O)CN(c1ccc(Cl)cc1Cl)S(C)(=O)=O)c1ccccc1. The highest BCUT2D eigenvalue weighted by Gasteiger charge is 2.25. The van der Waals surface area contributed by atoms with E-state index in [4.69, 9.17) is 23.2 Å². The molecule has 28 heavy (non-hydrogen) atoms. The lowest BCUT2D eigenvalue weighted by molar-refractivity contribution is -0.120. The van der Waals surface area contributed by atoms with Crippen LogP contribution in [-0.2, 0) is 14.8 Å². The fourth-order valence-electron chi connectivity index (χ4n) is 2.87. The van der Waals surface area contributed by atoms with E-state index in [0.717, 1.165) is 22.5 Å². The molecule has 152 valence electrons. The average molecular weight is 443 g/mol. The maximum atomic E-state index is 12.7. The summed E-state index contributed by atoms with van der Waals surface area (Å²) in [4.78, 5) is 12.7. The number of halogens is 2. The molecule has 0 spiro atoms. The van der Waals surface area contributed by atoms with Gasteiger partial charge in [-0.1, -0.05) is 67.4 Å². The molecule has 5 nitrogen and oxygen atoms in total. The molecule has 0 aliphatic rings. The van der Waals surface area contributed by atoms with E-state index in [1.54, 1.807) is 0 Å². The number of anilines is 1. The fourth-order valence-corrected chi connectivity index (χ4v) is 4.30. The van der Waals surface area contributed by atoms with Crippen LogP contribution in [0.15, 0.2) is 48.5 Å². The third kappa shape index (κ3) is 6.40. The predicted molar refractivity (Wildman–Crippen MR) is 115 cm³/mol. The summed E-state index contributed by atoms with van der Waals surface area (Å²) >= 11 is 12.1. The highest BCUT2D eigenvalue weighted by atomic mass is 35.5. The number of nitrogens with one attached hydrogen (secondary N) is 1. The highest BCUT2D eigenvalue weighted by Crippen LogP contribution is 2.30. The van der Waals surface area contributed by atoms with Crippen molar-refractivity contribution in [3.05, 3.63) is 64.1 Å². The van der Waals surface area contributed by atoms with Gasteiger partial charge in [0.25, 0.3) is 0 Å². The molecule has 2 aromatic carbocycles. The number of carbonyl (C=O) groups excluding carboxylic acids is 1. The van der Waals surface area contributed by atoms with Gasteiger partial charge in [0.15, 0.2) is 0 Å². The number of amides is 1. The number of sulfonamides is 1. The van der Waals surface area contributed by atoms with Crippen LogP contribution in [-0.4, -0.2) is 27.1 Å². The molecule has 0 heterocycles. The van der Waals surface area contributed by atoms with E-state index in [0.29, 0.717) is 10.9 Å². The Labute approximate surface area is 176 Å². The molecule has 0 aliphatic carbocycles. The minimum atomic E-state index is -3.73. The second-order valence-corrected chi connectivity index (χ2v) is 9.78. The van der Waals surface area contributed by atoms with Gasteiger partial charge in [-0.2, -0.15) is 0 Å². The molecule has 2 rings (SSSR count). The summed E-state index contributed by atoms with van der Waals surface area (Å²) in [5.74, 6) is -0.0619. The number of hydrogen-bond donors (Lipinski definition) is 1. The van der Waals surface area contributed by atoms with Crippen LogP contribution in [0.5, 0.6) is 0 Å². The number of carbonyl (C=O) groups is 1. The summed E-state index contributed by atoms with van der Waals surface area (Å²) in [7, 11) is -3.73. The summed E-state index contributed by atoms with van der Waals surface area (Å²) in [5.41, 5.74) is 1.18. The number of nitrogens with zero attached hydrogens (tertiary/aromatic N) is 1. The van der Waals surface area contributed by atoms with Crippen molar-refractivity contribution < 1.29 is 13.2 Å². The van der Waals surface area contributed by atoms with E-state index in [2.05, 4.69) is 19.2 Å². The summed E-state index contributed by atoms with van der Waals surface area (Å²) in [6, 6.07) is 13.9. The summed E-state index contributed by atoms with van der Waals surface area (Å²) < 4.78 is 25.6. The average Bonchev–Trinajstić information content (AvgIpc) is 2.59. The minimum Gasteiger partial charge on any atom is -0.348 e. The largest absolute Gasteiger partial charge is 0.348 e. The zero-order valence-electron chi connectivity index (χ0n) is 16.0. The molecule has 0 bridgehead atoms. The third-order valence-electron chi connectivity index (χ3n) is 4.11. The second kappa shape index (κ2) is 9.63. The lowest BCUT2D eigenvalue weighted by atomic mass is 9.97. The van der Waals surface area contributed by atoms with Crippen molar-refractivity contribution in [3.63, 3.8) is 0 Å². The Kier molecular flexibility index (Phi) is 7.75. The third-order valence-corrected chi connectivity index (χ3v) is 5.77. The normalized spacial score (nSPS) is 12.6. The van der Waals surface area contributed by atoms with Crippen molar-refractivity contribution in [1.82, 2.24) is 5.32 Å². The Morgan fingerprint density at radius 1 is 1.11 bits per heavy atom. The standard InChI is InChI=1S/C20H24Cl2N2O3S/c1-14(2)11-18(15-7-5-4-6-8-15)23-20(25)13-24(28(3,26)27)19-10-9-16(21)12-17(19)22/h4-10,12,14,18H,11,13H2,1-3H3,(H,23,25)/t18-/m0/s1. The van der Waals surface area contributed by atoms with Gasteiger partial charge in [0.1, 0.15) is 6.54 Å². The molecule has 0 aliphatic heterocycles. The summed E-state index contributed by atoms with van der Waals surface area (Å²) in [6.07, 6.45) is 1.77. The van der Waals surface area contributed by atoms with Gasteiger partial charge in [0.05, 0.1) is 23.0 Å². The van der Waals surface area contributed by atoms with Crippen molar-refractivity contribution in [1.29, 1.82) is 0 Å². The summed E-state index contributed by atoms with van der Waals surface area (Å²) in [5, 5.41) is 3.50. The fraction of sp³-hybridized carbons (Fsp3) is 0.350.